The molecule has 2 heterocycles. The highest BCUT2D eigenvalue weighted by molar-refractivity contribution is 6.45. The molecular formula is C21H27N3O3. The fourth-order valence-corrected chi connectivity index (χ4v) is 3.53. The fourth-order valence-electron chi connectivity index (χ4n) is 3.53. The minimum atomic E-state index is -0.589. The molecule has 2 amide bonds. The number of nitrogens with zero attached hydrogens (tertiary/aromatic N) is 2. The molecule has 0 radical (unpaired) electrons. The normalized spacial score (nSPS) is 14.3. The van der Waals surface area contributed by atoms with Crippen LogP contribution in [0.2, 0.25) is 0 Å². The minimum absolute atomic E-state index is 0.0573. The summed E-state index contributed by atoms with van der Waals surface area (Å²) in [5, 5.41) is 3.38. The Kier molecular flexibility index (Phi) is 6.27. The number of fused-ring (bicyclic) bond motifs is 1. The summed E-state index contributed by atoms with van der Waals surface area (Å²) in [6, 6.07) is 7.42. The number of para-hydroxylation sites is 1. The number of carbonyl (C=O) groups excluding carboxylic acids is 3. The van der Waals surface area contributed by atoms with E-state index in [9.17, 15) is 14.4 Å². The first kappa shape index (κ1) is 19.1. The molecule has 27 heavy (non-hydrogen) atoms. The van der Waals surface area contributed by atoms with Crippen molar-refractivity contribution in [3.05, 3.63) is 36.0 Å². The number of hydrogen-bond donors (Lipinski definition) is 1. The molecule has 0 atom stereocenters. The first-order chi connectivity index (χ1) is 13.1. The van der Waals surface area contributed by atoms with Gasteiger partial charge in [-0.1, -0.05) is 31.5 Å². The summed E-state index contributed by atoms with van der Waals surface area (Å²) in [6.07, 6.45) is 6.69. The van der Waals surface area contributed by atoms with E-state index < -0.39 is 11.7 Å². The van der Waals surface area contributed by atoms with Gasteiger partial charge in [-0.15, -0.1) is 0 Å². The SMILES string of the molecule is CCCCNC(=O)C(=O)c1cn(CC(=O)N2CCCCC2)c2ccccc12. The van der Waals surface area contributed by atoms with Crippen LogP contribution in [0.5, 0.6) is 0 Å². The van der Waals surface area contributed by atoms with Crippen molar-refractivity contribution in [2.24, 2.45) is 0 Å². The second kappa shape index (κ2) is 8.84. The van der Waals surface area contributed by atoms with Crippen LogP contribution in [0, 0.1) is 0 Å². The molecule has 0 bridgehead atoms. The van der Waals surface area contributed by atoms with E-state index in [1.54, 1.807) is 10.8 Å². The fraction of sp³-hybridized carbons (Fsp3) is 0.476. The van der Waals surface area contributed by atoms with Crippen LogP contribution < -0.4 is 5.32 Å². The van der Waals surface area contributed by atoms with Crippen LogP contribution in [0.4, 0.5) is 0 Å². The Labute approximate surface area is 159 Å². The van der Waals surface area contributed by atoms with E-state index in [2.05, 4.69) is 5.32 Å². The van der Waals surface area contributed by atoms with Gasteiger partial charge in [-0.3, -0.25) is 14.4 Å². The Morgan fingerprint density at radius 3 is 2.56 bits per heavy atom. The standard InChI is InChI=1S/C21H27N3O3/c1-2-3-11-22-21(27)20(26)17-14-24(18-10-6-5-9-16(17)18)15-19(25)23-12-7-4-8-13-23/h5-6,9-10,14H,2-4,7-8,11-13,15H2,1H3,(H,22,27). The Morgan fingerprint density at radius 1 is 1.07 bits per heavy atom. The van der Waals surface area contributed by atoms with E-state index in [-0.39, 0.29) is 12.5 Å². The lowest BCUT2D eigenvalue weighted by atomic mass is 10.1. The summed E-state index contributed by atoms with van der Waals surface area (Å²) >= 11 is 0. The number of unbranched alkanes of at least 4 members (excludes halogenated alkanes) is 1. The van der Waals surface area contributed by atoms with Gasteiger partial charge in [-0.25, -0.2) is 0 Å². The molecule has 1 aromatic heterocycles. The van der Waals surface area contributed by atoms with Crippen molar-refractivity contribution in [1.29, 1.82) is 0 Å². The zero-order valence-corrected chi connectivity index (χ0v) is 15.9. The molecule has 1 aliphatic heterocycles. The van der Waals surface area contributed by atoms with E-state index in [1.807, 2.05) is 36.1 Å². The number of Topliss-reactive ketones (excluding diaryl/α,β-unsaturated/α-hetero) is 1. The smallest absolute Gasteiger partial charge is 0.292 e. The van der Waals surface area contributed by atoms with Crippen LogP contribution in [0.3, 0.4) is 0 Å². The molecule has 0 unspecified atom stereocenters. The highest BCUT2D eigenvalue weighted by Crippen LogP contribution is 2.22. The summed E-state index contributed by atoms with van der Waals surface area (Å²) in [5.74, 6) is -1.08. The third-order valence-electron chi connectivity index (χ3n) is 5.07. The Morgan fingerprint density at radius 2 is 1.81 bits per heavy atom. The van der Waals surface area contributed by atoms with Crippen LogP contribution in [-0.2, 0) is 16.1 Å². The van der Waals surface area contributed by atoms with Crippen molar-refractivity contribution in [3.63, 3.8) is 0 Å². The predicted octanol–water partition coefficient (Wildman–Crippen LogP) is 2.75. The first-order valence-corrected chi connectivity index (χ1v) is 9.80. The molecule has 144 valence electrons. The van der Waals surface area contributed by atoms with Crippen LogP contribution in [-0.4, -0.2) is 46.7 Å². The summed E-state index contributed by atoms with van der Waals surface area (Å²) in [5.41, 5.74) is 1.15. The summed E-state index contributed by atoms with van der Waals surface area (Å²) in [6.45, 7) is 4.30. The Balaban J connectivity index is 1.81. The molecule has 6 heteroatoms. The van der Waals surface area contributed by atoms with Gasteiger partial charge in [0.15, 0.2) is 0 Å². The molecule has 6 nitrogen and oxygen atoms in total. The van der Waals surface area contributed by atoms with Gasteiger partial charge in [0.25, 0.3) is 11.7 Å². The number of carbonyl (C=O) groups is 3. The maximum atomic E-state index is 12.6. The van der Waals surface area contributed by atoms with Crippen molar-refractivity contribution in [1.82, 2.24) is 14.8 Å². The maximum absolute atomic E-state index is 12.6. The van der Waals surface area contributed by atoms with Crippen LogP contribution in [0.15, 0.2) is 30.5 Å². The highest BCUT2D eigenvalue weighted by Gasteiger charge is 2.23. The van der Waals surface area contributed by atoms with Crippen LogP contribution in [0.1, 0.15) is 49.4 Å². The largest absolute Gasteiger partial charge is 0.349 e. The lowest BCUT2D eigenvalue weighted by Gasteiger charge is -2.27. The van der Waals surface area contributed by atoms with Gasteiger partial charge in [-0.2, -0.15) is 0 Å². The van der Waals surface area contributed by atoms with Gasteiger partial charge in [0, 0.05) is 36.7 Å². The topological polar surface area (TPSA) is 71.4 Å². The number of hydrogen-bond acceptors (Lipinski definition) is 3. The molecule has 0 saturated carbocycles. The van der Waals surface area contributed by atoms with Gasteiger partial charge in [-0.05, 0) is 31.7 Å². The average molecular weight is 369 g/mol. The number of aromatic nitrogens is 1. The molecule has 1 N–H and O–H groups in total. The Hall–Kier alpha value is -2.63. The van der Waals surface area contributed by atoms with Crippen LogP contribution >= 0.6 is 0 Å². The van der Waals surface area contributed by atoms with Gasteiger partial charge in [0.2, 0.25) is 5.91 Å². The third kappa shape index (κ3) is 4.38. The Bertz CT molecular complexity index is 834. The molecule has 1 fully saturated rings. The third-order valence-corrected chi connectivity index (χ3v) is 5.07. The molecule has 0 spiro atoms. The average Bonchev–Trinajstić information content (AvgIpc) is 3.06. The van der Waals surface area contributed by atoms with E-state index in [0.717, 1.165) is 44.3 Å². The van der Waals surface area contributed by atoms with Crippen molar-refractivity contribution in [3.8, 4) is 0 Å². The predicted molar refractivity (Wildman–Crippen MR) is 105 cm³/mol. The quantitative estimate of drug-likeness (QED) is 0.463. The number of likely N-dealkylation sites (tertiary alicyclic amines) is 1. The minimum Gasteiger partial charge on any atom is -0.349 e. The van der Waals surface area contributed by atoms with Crippen molar-refractivity contribution < 1.29 is 14.4 Å². The molecule has 1 aromatic carbocycles. The number of rotatable bonds is 7. The summed E-state index contributed by atoms with van der Waals surface area (Å²) in [7, 11) is 0. The number of nitrogens with one attached hydrogen (secondary N) is 1. The number of benzene rings is 1. The highest BCUT2D eigenvalue weighted by atomic mass is 16.2. The molecular weight excluding hydrogens is 342 g/mol. The number of ketones is 1. The van der Waals surface area contributed by atoms with Crippen LogP contribution in [0.25, 0.3) is 10.9 Å². The van der Waals surface area contributed by atoms with Gasteiger partial charge >= 0.3 is 0 Å². The molecule has 1 aliphatic rings. The van der Waals surface area contributed by atoms with Crippen molar-refractivity contribution in [2.75, 3.05) is 19.6 Å². The lowest BCUT2D eigenvalue weighted by Crippen LogP contribution is -2.37. The number of amides is 2. The van der Waals surface area contributed by atoms with E-state index in [4.69, 9.17) is 0 Å². The summed E-state index contributed by atoms with van der Waals surface area (Å²) < 4.78 is 1.79. The zero-order chi connectivity index (χ0) is 19.2. The van der Waals surface area contributed by atoms with E-state index in [0.29, 0.717) is 17.5 Å². The van der Waals surface area contributed by atoms with Gasteiger partial charge in [0.1, 0.15) is 6.54 Å². The first-order valence-electron chi connectivity index (χ1n) is 9.80. The molecule has 2 aromatic rings. The maximum Gasteiger partial charge on any atom is 0.292 e. The van der Waals surface area contributed by atoms with Gasteiger partial charge in [0.05, 0.1) is 5.56 Å². The zero-order valence-electron chi connectivity index (χ0n) is 15.9. The second-order valence-electron chi connectivity index (χ2n) is 7.07. The van der Waals surface area contributed by atoms with Gasteiger partial charge < -0.3 is 14.8 Å². The van der Waals surface area contributed by atoms with Crippen molar-refractivity contribution in [2.45, 2.75) is 45.6 Å². The molecule has 3 rings (SSSR count). The van der Waals surface area contributed by atoms with E-state index >= 15 is 0 Å². The molecule has 1 saturated heterocycles. The monoisotopic (exact) mass is 369 g/mol. The molecule has 0 aliphatic carbocycles. The van der Waals surface area contributed by atoms with E-state index in [1.165, 1.54) is 6.42 Å². The summed E-state index contributed by atoms with van der Waals surface area (Å²) in [4.78, 5) is 39.4. The van der Waals surface area contributed by atoms with Crippen molar-refractivity contribution >= 4 is 28.5 Å². The number of piperidine rings is 1. The second-order valence-corrected chi connectivity index (χ2v) is 7.07. The lowest BCUT2D eigenvalue weighted by molar-refractivity contribution is -0.132.